The van der Waals surface area contributed by atoms with E-state index >= 15 is 0 Å². The van der Waals surface area contributed by atoms with Gasteiger partial charge in [0.15, 0.2) is 0 Å². The summed E-state index contributed by atoms with van der Waals surface area (Å²) in [5.74, 6) is 1.37. The number of hydrogen-bond donors (Lipinski definition) is 0. The minimum absolute atomic E-state index is 0.234. The second kappa shape index (κ2) is 7.14. The number of likely N-dealkylation sites (tertiary alicyclic amines) is 1. The summed E-state index contributed by atoms with van der Waals surface area (Å²) < 4.78 is 5.16. The third-order valence-corrected chi connectivity index (χ3v) is 4.14. The molecule has 0 aliphatic carbocycles. The third-order valence-electron chi connectivity index (χ3n) is 4.14. The molecule has 1 atom stereocenters. The molecule has 1 heterocycles. The van der Waals surface area contributed by atoms with Gasteiger partial charge >= 0.3 is 0 Å². The monoisotopic (exact) mass is 307 g/mol. The van der Waals surface area contributed by atoms with Crippen molar-refractivity contribution in [2.24, 2.45) is 5.92 Å². The molecule has 3 heteroatoms. The lowest BCUT2D eigenvalue weighted by Gasteiger charge is -2.15. The molecule has 3 rings (SSSR count). The van der Waals surface area contributed by atoms with Crippen molar-refractivity contribution in [1.29, 1.82) is 0 Å². The molecule has 0 N–H and O–H groups in total. The average molecular weight is 307 g/mol. The molecule has 0 radical (unpaired) electrons. The summed E-state index contributed by atoms with van der Waals surface area (Å²) in [7, 11) is 1.66. The Bertz CT molecular complexity index is 677. The summed E-state index contributed by atoms with van der Waals surface area (Å²) in [5.41, 5.74) is 2.31. The van der Waals surface area contributed by atoms with E-state index in [1.54, 1.807) is 7.11 Å². The average Bonchev–Trinajstić information content (AvgIpc) is 2.94. The zero-order valence-corrected chi connectivity index (χ0v) is 13.3. The van der Waals surface area contributed by atoms with Crippen molar-refractivity contribution in [2.45, 2.75) is 13.0 Å². The molecule has 2 aromatic rings. The highest BCUT2D eigenvalue weighted by Gasteiger charge is 2.27. The van der Waals surface area contributed by atoms with Gasteiger partial charge in [-0.15, -0.1) is 0 Å². The van der Waals surface area contributed by atoms with E-state index in [0.717, 1.165) is 17.9 Å². The summed E-state index contributed by atoms with van der Waals surface area (Å²) in [4.78, 5) is 14.1. The van der Waals surface area contributed by atoms with Crippen molar-refractivity contribution in [3.63, 3.8) is 0 Å². The van der Waals surface area contributed by atoms with Crippen LogP contribution in [0, 0.1) is 5.92 Å². The highest BCUT2D eigenvalue weighted by molar-refractivity contribution is 5.79. The fraction of sp³-hybridized carbons (Fsp3) is 0.250. The first kappa shape index (κ1) is 15.3. The Morgan fingerprint density at radius 1 is 1.13 bits per heavy atom. The van der Waals surface area contributed by atoms with Crippen molar-refractivity contribution in [1.82, 2.24) is 4.90 Å². The molecular formula is C20H21NO2. The Balaban J connectivity index is 1.59. The topological polar surface area (TPSA) is 29.5 Å². The van der Waals surface area contributed by atoms with Crippen LogP contribution >= 0.6 is 0 Å². The first-order valence-corrected chi connectivity index (χ1v) is 7.88. The molecule has 1 amide bonds. The molecule has 23 heavy (non-hydrogen) atoms. The Morgan fingerprint density at radius 2 is 1.87 bits per heavy atom. The Kier molecular flexibility index (Phi) is 4.77. The van der Waals surface area contributed by atoms with Crippen molar-refractivity contribution >= 4 is 12.0 Å². The maximum absolute atomic E-state index is 12.2. The van der Waals surface area contributed by atoms with E-state index in [4.69, 9.17) is 4.74 Å². The maximum atomic E-state index is 12.2. The van der Waals surface area contributed by atoms with Crippen LogP contribution in [0.5, 0.6) is 5.75 Å². The first-order valence-electron chi connectivity index (χ1n) is 7.88. The molecule has 1 aliphatic rings. The van der Waals surface area contributed by atoms with E-state index < -0.39 is 0 Å². The van der Waals surface area contributed by atoms with Crippen LogP contribution in [0.15, 0.2) is 60.7 Å². The molecule has 2 aromatic carbocycles. The summed E-state index contributed by atoms with van der Waals surface area (Å²) in [6, 6.07) is 18.1. The lowest BCUT2D eigenvalue weighted by molar-refractivity contribution is -0.128. The Hall–Kier alpha value is -2.55. The predicted octanol–water partition coefficient (Wildman–Crippen LogP) is 3.76. The summed E-state index contributed by atoms with van der Waals surface area (Å²) >= 11 is 0. The van der Waals surface area contributed by atoms with Crippen LogP contribution in [-0.2, 0) is 11.3 Å². The van der Waals surface area contributed by atoms with Gasteiger partial charge in [0.1, 0.15) is 5.75 Å². The normalized spacial score (nSPS) is 17.9. The molecule has 0 bridgehead atoms. The maximum Gasteiger partial charge on any atom is 0.223 e. The van der Waals surface area contributed by atoms with E-state index in [-0.39, 0.29) is 11.8 Å². The van der Waals surface area contributed by atoms with Crippen molar-refractivity contribution < 1.29 is 9.53 Å². The largest absolute Gasteiger partial charge is 0.497 e. The number of methoxy groups -OCH3 is 1. The van der Waals surface area contributed by atoms with Crippen LogP contribution in [0.2, 0.25) is 0 Å². The quantitative estimate of drug-likeness (QED) is 0.842. The van der Waals surface area contributed by atoms with Crippen LogP contribution < -0.4 is 4.74 Å². The van der Waals surface area contributed by atoms with E-state index in [0.29, 0.717) is 13.0 Å². The van der Waals surface area contributed by atoms with E-state index in [1.165, 1.54) is 5.56 Å². The Morgan fingerprint density at radius 3 is 2.57 bits per heavy atom. The van der Waals surface area contributed by atoms with Gasteiger partial charge in [0.05, 0.1) is 7.11 Å². The van der Waals surface area contributed by atoms with E-state index in [2.05, 4.69) is 24.3 Å². The number of benzene rings is 2. The first-order chi connectivity index (χ1) is 11.2. The highest BCUT2D eigenvalue weighted by atomic mass is 16.5. The van der Waals surface area contributed by atoms with Gasteiger partial charge in [0.2, 0.25) is 5.91 Å². The lowest BCUT2D eigenvalue weighted by atomic mass is 10.1. The fourth-order valence-electron chi connectivity index (χ4n) is 2.85. The van der Waals surface area contributed by atoms with Crippen LogP contribution in [0.4, 0.5) is 0 Å². The standard InChI is InChI=1S/C20H21NO2/c1-23-19-11-9-16(10-12-19)7-8-18-13-20(22)21(15-18)14-17-5-3-2-4-6-17/h2-12,18H,13-15H2,1H3/b8-7+. The van der Waals surface area contributed by atoms with E-state index in [1.807, 2.05) is 47.4 Å². The molecule has 1 fully saturated rings. The third kappa shape index (κ3) is 4.01. The Labute approximate surface area is 137 Å². The smallest absolute Gasteiger partial charge is 0.223 e. The lowest BCUT2D eigenvalue weighted by Crippen LogP contribution is -2.24. The van der Waals surface area contributed by atoms with Gasteiger partial charge in [-0.1, -0.05) is 54.6 Å². The SMILES string of the molecule is COc1ccc(/C=C/C2CC(=O)N(Cc3ccccc3)C2)cc1. The molecule has 1 aliphatic heterocycles. The minimum atomic E-state index is 0.234. The molecule has 118 valence electrons. The summed E-state index contributed by atoms with van der Waals surface area (Å²) in [5, 5.41) is 0. The second-order valence-corrected chi connectivity index (χ2v) is 5.86. The highest BCUT2D eigenvalue weighted by Crippen LogP contribution is 2.22. The number of amides is 1. The van der Waals surface area contributed by atoms with Crippen LogP contribution in [-0.4, -0.2) is 24.5 Å². The molecule has 1 saturated heterocycles. The van der Waals surface area contributed by atoms with Gasteiger partial charge in [-0.05, 0) is 23.3 Å². The minimum Gasteiger partial charge on any atom is -0.497 e. The van der Waals surface area contributed by atoms with Gasteiger partial charge in [-0.3, -0.25) is 4.79 Å². The van der Waals surface area contributed by atoms with Gasteiger partial charge in [0.25, 0.3) is 0 Å². The van der Waals surface area contributed by atoms with Crippen LogP contribution in [0.3, 0.4) is 0 Å². The summed E-state index contributed by atoms with van der Waals surface area (Å²) in [6.07, 6.45) is 4.83. The molecule has 1 unspecified atom stereocenters. The van der Waals surface area contributed by atoms with Gasteiger partial charge in [-0.25, -0.2) is 0 Å². The van der Waals surface area contributed by atoms with Crippen LogP contribution in [0.25, 0.3) is 6.08 Å². The predicted molar refractivity (Wildman–Crippen MR) is 92.0 cm³/mol. The zero-order chi connectivity index (χ0) is 16.1. The zero-order valence-electron chi connectivity index (χ0n) is 13.3. The molecule has 3 nitrogen and oxygen atoms in total. The molecule has 0 saturated carbocycles. The van der Waals surface area contributed by atoms with Gasteiger partial charge in [-0.2, -0.15) is 0 Å². The number of carbonyl (C=O) groups is 1. The summed E-state index contributed by atoms with van der Waals surface area (Å²) in [6.45, 7) is 1.49. The molecule has 0 aromatic heterocycles. The van der Waals surface area contributed by atoms with E-state index in [9.17, 15) is 4.79 Å². The number of rotatable bonds is 5. The van der Waals surface area contributed by atoms with Gasteiger partial charge < -0.3 is 9.64 Å². The van der Waals surface area contributed by atoms with Crippen molar-refractivity contribution in [3.8, 4) is 5.75 Å². The number of ether oxygens (including phenoxy) is 1. The number of carbonyl (C=O) groups excluding carboxylic acids is 1. The second-order valence-electron chi connectivity index (χ2n) is 5.86. The van der Waals surface area contributed by atoms with Crippen molar-refractivity contribution in [2.75, 3.05) is 13.7 Å². The van der Waals surface area contributed by atoms with Crippen LogP contribution in [0.1, 0.15) is 17.5 Å². The molecular weight excluding hydrogens is 286 g/mol. The number of nitrogens with zero attached hydrogens (tertiary/aromatic N) is 1. The van der Waals surface area contributed by atoms with Gasteiger partial charge in [0, 0.05) is 25.4 Å². The fourth-order valence-corrected chi connectivity index (χ4v) is 2.85. The number of hydrogen-bond acceptors (Lipinski definition) is 2. The van der Waals surface area contributed by atoms with Crippen molar-refractivity contribution in [3.05, 3.63) is 71.8 Å². The molecule has 0 spiro atoms.